The molecular formula is C44H27NO2. The molecule has 0 aliphatic rings. The molecule has 8 aromatic carbocycles. The van der Waals surface area contributed by atoms with Crippen LogP contribution in [0.1, 0.15) is 0 Å². The molecule has 3 nitrogen and oxygen atoms in total. The lowest BCUT2D eigenvalue weighted by Gasteiger charge is -2.29. The smallest absolute Gasteiger partial charge is 0.159 e. The van der Waals surface area contributed by atoms with E-state index in [1.807, 2.05) is 12.1 Å². The summed E-state index contributed by atoms with van der Waals surface area (Å²) in [4.78, 5) is 2.36. The molecule has 0 bridgehead atoms. The third kappa shape index (κ3) is 3.87. The first-order valence-corrected chi connectivity index (χ1v) is 15.9. The van der Waals surface area contributed by atoms with Crippen LogP contribution in [-0.2, 0) is 0 Å². The Morgan fingerprint density at radius 1 is 0.362 bits per heavy atom. The molecule has 0 saturated carbocycles. The SMILES string of the molecule is c1ccc(-c2ccccc2N(c2cc3oc4c5ccccc5ccc4c3c3ccccc23)c2cccc3c2oc2ccccc23)cc1. The maximum Gasteiger partial charge on any atom is 0.159 e. The van der Waals surface area contributed by atoms with Gasteiger partial charge in [-0.05, 0) is 40.6 Å². The fourth-order valence-electron chi connectivity index (χ4n) is 7.36. The summed E-state index contributed by atoms with van der Waals surface area (Å²) in [5.74, 6) is 0. The summed E-state index contributed by atoms with van der Waals surface area (Å²) in [6.45, 7) is 0. The lowest BCUT2D eigenvalue weighted by molar-refractivity contribution is 0.668. The number of hydrogen-bond donors (Lipinski definition) is 0. The highest BCUT2D eigenvalue weighted by Gasteiger charge is 2.25. The van der Waals surface area contributed by atoms with Crippen molar-refractivity contribution in [1.29, 1.82) is 0 Å². The second kappa shape index (κ2) is 10.1. The standard InChI is InChI=1S/C44H27NO2/c1-2-13-28(14-3-1)30-16-8-10-22-37(30)45(38-23-12-21-35-33-19-9-11-24-40(33)46-44(35)38)39-27-41-42(34-20-7-6-18-32(34)39)36-26-25-29-15-4-5-17-31(29)43(36)47-41/h1-27H. The predicted octanol–water partition coefficient (Wildman–Crippen LogP) is 12.9. The number of nitrogens with zero attached hydrogens (tertiary/aromatic N) is 1. The van der Waals surface area contributed by atoms with E-state index in [0.29, 0.717) is 0 Å². The maximum absolute atomic E-state index is 6.84. The third-order valence-electron chi connectivity index (χ3n) is 9.44. The van der Waals surface area contributed by atoms with Crippen LogP contribution >= 0.6 is 0 Å². The van der Waals surface area contributed by atoms with E-state index in [0.717, 1.165) is 88.2 Å². The van der Waals surface area contributed by atoms with Gasteiger partial charge in [-0.25, -0.2) is 0 Å². The normalized spacial score (nSPS) is 11.8. The van der Waals surface area contributed by atoms with Crippen molar-refractivity contribution in [3.8, 4) is 11.1 Å². The number of furan rings is 2. The van der Waals surface area contributed by atoms with Gasteiger partial charge in [0.05, 0.1) is 17.1 Å². The van der Waals surface area contributed by atoms with Gasteiger partial charge in [0.1, 0.15) is 16.7 Å². The van der Waals surface area contributed by atoms with Crippen molar-refractivity contribution < 1.29 is 8.83 Å². The molecule has 2 heterocycles. The van der Waals surface area contributed by atoms with E-state index in [4.69, 9.17) is 8.83 Å². The number of anilines is 3. The van der Waals surface area contributed by atoms with E-state index in [1.54, 1.807) is 0 Å². The summed E-state index contributed by atoms with van der Waals surface area (Å²) in [6.07, 6.45) is 0. The Hall–Kier alpha value is -6.32. The van der Waals surface area contributed by atoms with E-state index in [1.165, 1.54) is 5.39 Å². The largest absolute Gasteiger partial charge is 0.455 e. The van der Waals surface area contributed by atoms with E-state index in [9.17, 15) is 0 Å². The highest BCUT2D eigenvalue weighted by Crippen LogP contribution is 2.49. The second-order valence-corrected chi connectivity index (χ2v) is 12.1. The van der Waals surface area contributed by atoms with Crippen LogP contribution in [0.4, 0.5) is 17.1 Å². The molecule has 0 aliphatic carbocycles. The van der Waals surface area contributed by atoms with Gasteiger partial charge in [0, 0.05) is 43.9 Å². The number of benzene rings is 8. The van der Waals surface area contributed by atoms with Crippen molar-refractivity contribution in [1.82, 2.24) is 0 Å². The van der Waals surface area contributed by atoms with Crippen molar-refractivity contribution in [3.05, 3.63) is 164 Å². The minimum Gasteiger partial charge on any atom is -0.455 e. The topological polar surface area (TPSA) is 29.5 Å². The van der Waals surface area contributed by atoms with Gasteiger partial charge in [-0.2, -0.15) is 0 Å². The number of rotatable bonds is 4. The third-order valence-corrected chi connectivity index (χ3v) is 9.44. The Labute approximate surface area is 270 Å². The molecule has 0 radical (unpaired) electrons. The Morgan fingerprint density at radius 2 is 1.02 bits per heavy atom. The Kier molecular flexibility index (Phi) is 5.57. The van der Waals surface area contributed by atoms with E-state index >= 15 is 0 Å². The first-order chi connectivity index (χ1) is 23.3. The summed E-state index contributed by atoms with van der Waals surface area (Å²) in [6, 6.07) is 57.7. The van der Waals surface area contributed by atoms with E-state index in [2.05, 4.69) is 157 Å². The summed E-state index contributed by atoms with van der Waals surface area (Å²) in [5, 5.41) is 9.00. The van der Waals surface area contributed by atoms with Crippen molar-refractivity contribution >= 4 is 82.5 Å². The number of para-hydroxylation sites is 3. The van der Waals surface area contributed by atoms with Crippen molar-refractivity contribution in [2.24, 2.45) is 0 Å². The molecule has 3 heteroatoms. The van der Waals surface area contributed by atoms with Crippen molar-refractivity contribution in [2.45, 2.75) is 0 Å². The summed E-state index contributed by atoms with van der Waals surface area (Å²) in [5.41, 5.74) is 8.79. The van der Waals surface area contributed by atoms with Crippen LogP contribution in [0.25, 0.3) is 76.5 Å². The fourth-order valence-corrected chi connectivity index (χ4v) is 7.36. The molecular weight excluding hydrogens is 574 g/mol. The van der Waals surface area contributed by atoms with Crippen LogP contribution in [0, 0.1) is 0 Å². The van der Waals surface area contributed by atoms with Crippen LogP contribution in [0.5, 0.6) is 0 Å². The first kappa shape index (κ1) is 26.0. The predicted molar refractivity (Wildman–Crippen MR) is 196 cm³/mol. The van der Waals surface area contributed by atoms with Gasteiger partial charge in [0.15, 0.2) is 5.58 Å². The molecule has 220 valence electrons. The van der Waals surface area contributed by atoms with Gasteiger partial charge >= 0.3 is 0 Å². The molecule has 0 aliphatic heterocycles. The Balaban J connectivity index is 1.35. The summed E-state index contributed by atoms with van der Waals surface area (Å²) in [7, 11) is 0. The zero-order valence-corrected chi connectivity index (χ0v) is 25.4. The minimum atomic E-state index is 0.844. The maximum atomic E-state index is 6.84. The fraction of sp³-hybridized carbons (Fsp3) is 0. The van der Waals surface area contributed by atoms with Crippen LogP contribution in [0.2, 0.25) is 0 Å². The molecule has 10 rings (SSSR count). The lowest BCUT2D eigenvalue weighted by Crippen LogP contribution is -2.12. The number of fused-ring (bicyclic) bond motifs is 10. The Bertz CT molecular complexity index is 2810. The average Bonchev–Trinajstić information content (AvgIpc) is 3.72. The monoisotopic (exact) mass is 601 g/mol. The van der Waals surface area contributed by atoms with Gasteiger partial charge in [0.25, 0.3) is 0 Å². The molecule has 0 fully saturated rings. The molecule has 0 spiro atoms. The van der Waals surface area contributed by atoms with Crippen LogP contribution in [0.3, 0.4) is 0 Å². The van der Waals surface area contributed by atoms with Crippen molar-refractivity contribution in [3.63, 3.8) is 0 Å². The minimum absolute atomic E-state index is 0.844. The van der Waals surface area contributed by atoms with Gasteiger partial charge < -0.3 is 13.7 Å². The number of hydrogen-bond acceptors (Lipinski definition) is 3. The summed E-state index contributed by atoms with van der Waals surface area (Å²) < 4.78 is 13.5. The van der Waals surface area contributed by atoms with E-state index in [-0.39, 0.29) is 0 Å². The molecule has 0 saturated heterocycles. The van der Waals surface area contributed by atoms with Gasteiger partial charge in [0.2, 0.25) is 0 Å². The van der Waals surface area contributed by atoms with E-state index < -0.39 is 0 Å². The highest BCUT2D eigenvalue weighted by atomic mass is 16.3. The van der Waals surface area contributed by atoms with Crippen LogP contribution in [-0.4, -0.2) is 0 Å². The zero-order valence-electron chi connectivity index (χ0n) is 25.4. The molecule has 0 amide bonds. The quantitative estimate of drug-likeness (QED) is 0.201. The second-order valence-electron chi connectivity index (χ2n) is 12.1. The molecule has 2 aromatic heterocycles. The molecule has 0 unspecified atom stereocenters. The first-order valence-electron chi connectivity index (χ1n) is 15.9. The lowest BCUT2D eigenvalue weighted by atomic mass is 9.98. The molecule has 0 N–H and O–H groups in total. The van der Waals surface area contributed by atoms with Crippen LogP contribution < -0.4 is 4.90 Å². The average molecular weight is 602 g/mol. The van der Waals surface area contributed by atoms with Gasteiger partial charge in [-0.3, -0.25) is 0 Å². The molecule has 0 atom stereocenters. The molecule has 47 heavy (non-hydrogen) atoms. The van der Waals surface area contributed by atoms with Crippen molar-refractivity contribution in [2.75, 3.05) is 4.90 Å². The molecule has 10 aromatic rings. The zero-order chi connectivity index (χ0) is 30.9. The highest BCUT2D eigenvalue weighted by molar-refractivity contribution is 6.26. The summed E-state index contributed by atoms with van der Waals surface area (Å²) >= 11 is 0. The Morgan fingerprint density at radius 3 is 1.91 bits per heavy atom. The van der Waals surface area contributed by atoms with Gasteiger partial charge in [-0.1, -0.05) is 133 Å². The van der Waals surface area contributed by atoms with Crippen LogP contribution in [0.15, 0.2) is 173 Å². The van der Waals surface area contributed by atoms with Gasteiger partial charge in [-0.15, -0.1) is 0 Å².